The number of fused-ring (bicyclic) bond motifs is 2. The third-order valence-corrected chi connectivity index (χ3v) is 5.96. The molecule has 1 fully saturated rings. The average Bonchev–Trinajstić information content (AvgIpc) is 2.86. The van der Waals surface area contributed by atoms with Crippen molar-refractivity contribution in [3.8, 4) is 5.75 Å². The van der Waals surface area contributed by atoms with Gasteiger partial charge >= 0.3 is 0 Å². The van der Waals surface area contributed by atoms with E-state index in [4.69, 9.17) is 10.5 Å². The number of aryl methyl sites for hydroxylation is 1. The van der Waals surface area contributed by atoms with Crippen LogP contribution in [0.25, 0.3) is 11.0 Å². The summed E-state index contributed by atoms with van der Waals surface area (Å²) in [6.07, 6.45) is 8.78. The molecule has 1 amide bonds. The number of pyridine rings is 2. The largest absolute Gasteiger partial charge is 0.478 e. The Morgan fingerprint density at radius 2 is 2.00 bits per heavy atom. The van der Waals surface area contributed by atoms with E-state index >= 15 is 0 Å². The number of carbonyl (C=O) groups is 1. The fourth-order valence-corrected chi connectivity index (χ4v) is 4.13. The highest BCUT2D eigenvalue weighted by molar-refractivity contribution is 5.94. The molecule has 4 heterocycles. The number of hydrogen-bond donors (Lipinski definition) is 3. The Labute approximate surface area is 195 Å². The van der Waals surface area contributed by atoms with Crippen molar-refractivity contribution in [2.45, 2.75) is 51.2 Å². The van der Waals surface area contributed by atoms with Gasteiger partial charge in [0.15, 0.2) is 18.2 Å². The number of nitrogens with one attached hydrogen (secondary N) is 2. The van der Waals surface area contributed by atoms with Crippen molar-refractivity contribution >= 4 is 22.8 Å². The van der Waals surface area contributed by atoms with Gasteiger partial charge in [-0.25, -0.2) is 14.4 Å². The molecular weight excluding hydrogens is 441 g/mol. The van der Waals surface area contributed by atoms with Crippen molar-refractivity contribution in [3.05, 3.63) is 52.1 Å². The number of ether oxygens (including phenoxy) is 1. The SMILES string of the molecule is Cn1c(=O)ccc2ncc(F)c(CNC3CCCCC3)c21.NCc1ncc2c(n1)NC(=O)CO2. The van der Waals surface area contributed by atoms with Gasteiger partial charge in [-0.2, -0.15) is 0 Å². The molecule has 1 aliphatic carbocycles. The number of nitrogens with two attached hydrogens (primary N) is 1. The highest BCUT2D eigenvalue weighted by Crippen LogP contribution is 2.23. The minimum Gasteiger partial charge on any atom is -0.478 e. The van der Waals surface area contributed by atoms with Gasteiger partial charge in [0.2, 0.25) is 0 Å². The first-order chi connectivity index (χ1) is 16.5. The van der Waals surface area contributed by atoms with Crippen LogP contribution in [0.15, 0.2) is 29.3 Å². The van der Waals surface area contributed by atoms with Gasteiger partial charge in [0.05, 0.1) is 30.0 Å². The summed E-state index contributed by atoms with van der Waals surface area (Å²) in [5.41, 5.74) is 6.97. The number of halogens is 1. The van der Waals surface area contributed by atoms with Crippen LogP contribution in [-0.4, -0.2) is 38.1 Å². The van der Waals surface area contributed by atoms with Crippen LogP contribution >= 0.6 is 0 Å². The van der Waals surface area contributed by atoms with Crippen LogP contribution in [0.4, 0.5) is 10.2 Å². The van der Waals surface area contributed by atoms with Gasteiger partial charge in [0.25, 0.3) is 11.5 Å². The summed E-state index contributed by atoms with van der Waals surface area (Å²) in [5, 5.41) is 6.00. The second-order valence-electron chi connectivity index (χ2n) is 8.31. The molecule has 0 aromatic carbocycles. The maximum absolute atomic E-state index is 14.2. The Balaban J connectivity index is 0.000000180. The second kappa shape index (κ2) is 10.7. The minimum absolute atomic E-state index is 0.0122. The maximum atomic E-state index is 14.2. The van der Waals surface area contributed by atoms with Crippen LogP contribution < -0.4 is 26.7 Å². The molecule has 4 N–H and O–H groups in total. The van der Waals surface area contributed by atoms with E-state index in [1.54, 1.807) is 13.1 Å². The average molecular weight is 470 g/mol. The fraction of sp³-hybridized carbons (Fsp3) is 0.435. The Hall–Kier alpha value is -3.44. The zero-order chi connectivity index (χ0) is 24.1. The molecule has 34 heavy (non-hydrogen) atoms. The third-order valence-electron chi connectivity index (χ3n) is 5.96. The Morgan fingerprint density at radius 1 is 1.21 bits per heavy atom. The van der Waals surface area contributed by atoms with Gasteiger partial charge in [-0.3, -0.25) is 14.6 Å². The van der Waals surface area contributed by atoms with Crippen molar-refractivity contribution in [3.63, 3.8) is 0 Å². The van der Waals surface area contributed by atoms with E-state index in [0.717, 1.165) is 12.8 Å². The minimum atomic E-state index is -0.355. The van der Waals surface area contributed by atoms with Crippen LogP contribution in [0.2, 0.25) is 0 Å². The van der Waals surface area contributed by atoms with Gasteiger partial charge < -0.3 is 25.7 Å². The number of aromatic nitrogens is 4. The standard InChI is InChI=1S/C16H20FN3O.C7H8N4O2/c1-20-15(21)8-7-14-16(20)12(13(17)10-19-14)9-18-11-5-3-2-4-6-11;8-1-5-9-2-4-7(10-5)11-6(12)3-13-4/h7-8,10-11,18H,2-6,9H2,1H3;2H,1,3,8H2,(H,9,10,11,12). The monoisotopic (exact) mass is 469 g/mol. The molecular formula is C23H28FN7O3. The molecule has 180 valence electrons. The van der Waals surface area contributed by atoms with Crippen LogP contribution in [0, 0.1) is 5.82 Å². The van der Waals surface area contributed by atoms with E-state index in [2.05, 4.69) is 25.6 Å². The zero-order valence-electron chi connectivity index (χ0n) is 19.0. The third kappa shape index (κ3) is 5.37. The summed E-state index contributed by atoms with van der Waals surface area (Å²) in [4.78, 5) is 34.7. The lowest BCUT2D eigenvalue weighted by molar-refractivity contribution is -0.118. The molecule has 10 nitrogen and oxygen atoms in total. The number of anilines is 1. The smallest absolute Gasteiger partial charge is 0.263 e. The van der Waals surface area contributed by atoms with E-state index in [1.165, 1.54) is 42.3 Å². The number of amides is 1. The lowest BCUT2D eigenvalue weighted by Crippen LogP contribution is -2.31. The van der Waals surface area contributed by atoms with Gasteiger partial charge in [-0.1, -0.05) is 19.3 Å². The highest BCUT2D eigenvalue weighted by Gasteiger charge is 2.18. The van der Waals surface area contributed by atoms with Crippen LogP contribution in [0.5, 0.6) is 5.75 Å². The normalized spacial score (nSPS) is 15.7. The van der Waals surface area contributed by atoms with E-state index < -0.39 is 0 Å². The Bertz CT molecular complexity index is 1240. The highest BCUT2D eigenvalue weighted by atomic mass is 19.1. The molecule has 3 aromatic rings. The second-order valence-corrected chi connectivity index (χ2v) is 8.31. The number of rotatable bonds is 4. The molecule has 1 saturated carbocycles. The van der Waals surface area contributed by atoms with Crippen LogP contribution in [-0.2, 0) is 24.9 Å². The first-order valence-electron chi connectivity index (χ1n) is 11.3. The topological polar surface area (TPSA) is 137 Å². The fourth-order valence-electron chi connectivity index (χ4n) is 4.13. The Morgan fingerprint density at radius 3 is 2.76 bits per heavy atom. The van der Waals surface area contributed by atoms with Crippen LogP contribution in [0.3, 0.4) is 0 Å². The summed E-state index contributed by atoms with van der Waals surface area (Å²) in [6.45, 7) is 0.689. The molecule has 11 heteroatoms. The van der Waals surface area contributed by atoms with Crippen LogP contribution in [0.1, 0.15) is 43.5 Å². The quantitative estimate of drug-likeness (QED) is 0.526. The molecule has 0 saturated heterocycles. The number of hydrogen-bond acceptors (Lipinski definition) is 8. The first kappa shape index (κ1) is 23.7. The molecule has 0 atom stereocenters. The van der Waals surface area contributed by atoms with E-state index in [0.29, 0.717) is 46.6 Å². The first-order valence-corrected chi connectivity index (χ1v) is 11.3. The molecule has 1 aliphatic heterocycles. The maximum Gasteiger partial charge on any atom is 0.263 e. The molecule has 0 unspecified atom stereocenters. The molecule has 3 aromatic heterocycles. The molecule has 5 rings (SSSR count). The van der Waals surface area contributed by atoms with E-state index in [9.17, 15) is 14.0 Å². The number of nitrogens with zero attached hydrogens (tertiary/aromatic N) is 4. The van der Waals surface area contributed by atoms with Gasteiger partial charge in [-0.15, -0.1) is 0 Å². The van der Waals surface area contributed by atoms with E-state index in [1.807, 2.05) is 0 Å². The molecule has 0 radical (unpaired) electrons. The summed E-state index contributed by atoms with van der Waals surface area (Å²) in [7, 11) is 1.66. The molecule has 2 aliphatic rings. The zero-order valence-corrected chi connectivity index (χ0v) is 19.0. The van der Waals surface area contributed by atoms with Crippen molar-refractivity contribution in [1.29, 1.82) is 0 Å². The predicted molar refractivity (Wildman–Crippen MR) is 125 cm³/mol. The van der Waals surface area contributed by atoms with Crippen molar-refractivity contribution in [1.82, 2.24) is 24.8 Å². The number of carbonyl (C=O) groups excluding carboxylic acids is 1. The summed E-state index contributed by atoms with van der Waals surface area (Å²) in [6, 6.07) is 3.56. The van der Waals surface area contributed by atoms with Crippen molar-refractivity contribution < 1.29 is 13.9 Å². The van der Waals surface area contributed by atoms with Gasteiger partial charge in [-0.05, 0) is 18.9 Å². The summed E-state index contributed by atoms with van der Waals surface area (Å²) < 4.78 is 20.7. The van der Waals surface area contributed by atoms with Gasteiger partial charge in [0, 0.05) is 31.3 Å². The lowest BCUT2D eigenvalue weighted by atomic mass is 9.95. The van der Waals surface area contributed by atoms with E-state index in [-0.39, 0.29) is 30.4 Å². The molecule has 0 spiro atoms. The Kier molecular flexibility index (Phi) is 7.43. The summed E-state index contributed by atoms with van der Waals surface area (Å²) in [5.74, 6) is 0.786. The molecule has 0 bridgehead atoms. The van der Waals surface area contributed by atoms with Crippen molar-refractivity contribution in [2.75, 3.05) is 11.9 Å². The summed E-state index contributed by atoms with van der Waals surface area (Å²) >= 11 is 0. The van der Waals surface area contributed by atoms with Gasteiger partial charge in [0.1, 0.15) is 11.6 Å². The predicted octanol–water partition coefficient (Wildman–Crippen LogP) is 1.76. The van der Waals surface area contributed by atoms with Crippen molar-refractivity contribution in [2.24, 2.45) is 12.8 Å². The lowest BCUT2D eigenvalue weighted by Gasteiger charge is -2.23.